The molecule has 2 N–H and O–H groups in total. The van der Waals surface area contributed by atoms with E-state index >= 15 is 0 Å². The summed E-state index contributed by atoms with van der Waals surface area (Å²) in [4.78, 5) is 26.4. The third kappa shape index (κ3) is 2.74. The summed E-state index contributed by atoms with van der Waals surface area (Å²) in [5.74, 6) is 0.266. The van der Waals surface area contributed by atoms with Crippen molar-refractivity contribution in [3.8, 4) is 11.4 Å². The molecule has 0 atom stereocenters. The number of hydrogen-bond donors (Lipinski definition) is 1. The van der Waals surface area contributed by atoms with Crippen LogP contribution in [0.5, 0.6) is 0 Å². The zero-order valence-corrected chi connectivity index (χ0v) is 17.0. The summed E-state index contributed by atoms with van der Waals surface area (Å²) in [5.41, 5.74) is 11.0. The van der Waals surface area contributed by atoms with Gasteiger partial charge in [-0.05, 0) is 37.2 Å². The fourth-order valence-electron chi connectivity index (χ4n) is 4.11. The lowest BCUT2D eigenvalue weighted by Gasteiger charge is -2.31. The predicted octanol–water partition coefficient (Wildman–Crippen LogP) is 3.28. The first kappa shape index (κ1) is 17.5. The molecule has 0 unspecified atom stereocenters. The summed E-state index contributed by atoms with van der Waals surface area (Å²) >= 11 is 1.52. The fourth-order valence-corrected chi connectivity index (χ4v) is 4.88. The highest BCUT2D eigenvalue weighted by Crippen LogP contribution is 2.48. The highest BCUT2D eigenvalue weighted by Gasteiger charge is 2.42. The van der Waals surface area contributed by atoms with Crippen molar-refractivity contribution in [3.05, 3.63) is 39.1 Å². The summed E-state index contributed by atoms with van der Waals surface area (Å²) in [6.07, 6.45) is 4.99. The number of nitrogens with two attached hydrogens (primary N) is 1. The summed E-state index contributed by atoms with van der Waals surface area (Å²) in [7, 11) is 0. The van der Waals surface area contributed by atoms with Crippen LogP contribution in [0.1, 0.15) is 65.0 Å². The maximum atomic E-state index is 13.3. The largest absolute Gasteiger partial charge is 0.368 e. The highest BCUT2D eigenvalue weighted by atomic mass is 32.1. The van der Waals surface area contributed by atoms with Gasteiger partial charge < -0.3 is 5.73 Å². The number of thiazole rings is 1. The average molecular weight is 395 g/mol. The van der Waals surface area contributed by atoms with Crippen LogP contribution >= 0.6 is 11.3 Å². The maximum absolute atomic E-state index is 13.3. The zero-order chi connectivity index (χ0) is 19.6. The number of nitrogen functional groups attached to an aromatic ring is 1. The second-order valence-corrected chi connectivity index (χ2v) is 9.34. The molecule has 0 aromatic carbocycles. The molecule has 0 bridgehead atoms. The number of nitrogens with zero attached hydrogens (tertiary/aromatic N) is 5. The Morgan fingerprint density at radius 3 is 2.82 bits per heavy atom. The number of carbonyl (C=O) groups excluding carboxylic acids is 1. The van der Waals surface area contributed by atoms with Gasteiger partial charge in [0.15, 0.2) is 5.78 Å². The quantitative estimate of drug-likeness (QED) is 0.682. The molecule has 0 amide bonds. The number of hydrogen-bond acceptors (Lipinski definition) is 7. The fraction of sp³-hybridized carbons (Fsp3) is 0.450. The van der Waals surface area contributed by atoms with Crippen LogP contribution in [0.25, 0.3) is 11.4 Å². The van der Waals surface area contributed by atoms with Crippen LogP contribution in [0, 0.1) is 6.92 Å². The van der Waals surface area contributed by atoms with E-state index in [0.29, 0.717) is 11.7 Å². The van der Waals surface area contributed by atoms with Gasteiger partial charge in [-0.3, -0.25) is 9.48 Å². The minimum absolute atomic E-state index is 0.0172. The van der Waals surface area contributed by atoms with Gasteiger partial charge in [-0.15, -0.1) is 11.3 Å². The van der Waals surface area contributed by atoms with E-state index in [1.807, 2.05) is 23.2 Å². The molecule has 144 valence electrons. The van der Waals surface area contributed by atoms with Crippen molar-refractivity contribution in [1.82, 2.24) is 24.7 Å². The van der Waals surface area contributed by atoms with E-state index in [1.165, 1.54) is 11.3 Å². The molecule has 5 rings (SSSR count). The van der Waals surface area contributed by atoms with E-state index in [-0.39, 0.29) is 23.6 Å². The Morgan fingerprint density at radius 1 is 1.36 bits per heavy atom. The van der Waals surface area contributed by atoms with Crippen molar-refractivity contribution in [2.24, 2.45) is 0 Å². The Bertz CT molecular complexity index is 1110. The molecule has 8 heteroatoms. The van der Waals surface area contributed by atoms with Crippen molar-refractivity contribution in [1.29, 1.82) is 0 Å². The lowest BCUT2D eigenvalue weighted by molar-refractivity contribution is 0.0985. The second kappa shape index (κ2) is 5.94. The number of rotatable bonds is 4. The van der Waals surface area contributed by atoms with Gasteiger partial charge in [0.2, 0.25) is 5.95 Å². The Kier molecular flexibility index (Phi) is 3.71. The van der Waals surface area contributed by atoms with Crippen LogP contribution in [0.3, 0.4) is 0 Å². The van der Waals surface area contributed by atoms with Gasteiger partial charge in [0, 0.05) is 22.8 Å². The number of fused-ring (bicyclic) bond motifs is 3. The molecule has 0 saturated heterocycles. The van der Waals surface area contributed by atoms with Crippen molar-refractivity contribution in [2.75, 3.05) is 5.73 Å². The maximum Gasteiger partial charge on any atom is 0.220 e. The van der Waals surface area contributed by atoms with Crippen molar-refractivity contribution in [3.63, 3.8) is 0 Å². The number of aromatic nitrogens is 5. The van der Waals surface area contributed by atoms with Crippen LogP contribution in [-0.4, -0.2) is 30.5 Å². The molecule has 7 nitrogen and oxygen atoms in total. The van der Waals surface area contributed by atoms with Crippen LogP contribution in [-0.2, 0) is 18.3 Å². The van der Waals surface area contributed by atoms with E-state index in [2.05, 4.69) is 28.8 Å². The van der Waals surface area contributed by atoms with Crippen LogP contribution in [0.4, 0.5) is 5.95 Å². The minimum atomic E-state index is -0.237. The smallest absolute Gasteiger partial charge is 0.220 e. The van der Waals surface area contributed by atoms with Crippen molar-refractivity contribution in [2.45, 2.75) is 57.9 Å². The molecule has 3 heterocycles. The first-order valence-electron chi connectivity index (χ1n) is 9.52. The molecule has 28 heavy (non-hydrogen) atoms. The Morgan fingerprint density at radius 2 is 2.14 bits per heavy atom. The normalized spacial score (nSPS) is 17.2. The monoisotopic (exact) mass is 394 g/mol. The molecule has 1 saturated carbocycles. The molecular formula is C20H22N6OS. The number of anilines is 1. The highest BCUT2D eigenvalue weighted by molar-refractivity contribution is 7.09. The summed E-state index contributed by atoms with van der Waals surface area (Å²) in [6.45, 7) is 6.26. The number of ketones is 1. The molecule has 0 radical (unpaired) electrons. The van der Waals surface area contributed by atoms with E-state index in [1.54, 1.807) is 0 Å². The predicted molar refractivity (Wildman–Crippen MR) is 108 cm³/mol. The van der Waals surface area contributed by atoms with Crippen molar-refractivity contribution < 1.29 is 4.79 Å². The van der Waals surface area contributed by atoms with Gasteiger partial charge in [-0.1, -0.05) is 13.8 Å². The molecule has 3 aromatic heterocycles. The summed E-state index contributed by atoms with van der Waals surface area (Å²) < 4.78 is 2.02. The topological polar surface area (TPSA) is 99.6 Å². The van der Waals surface area contributed by atoms with E-state index < -0.39 is 0 Å². The van der Waals surface area contributed by atoms with Gasteiger partial charge >= 0.3 is 0 Å². The molecule has 2 aliphatic carbocycles. The van der Waals surface area contributed by atoms with Gasteiger partial charge in [0.05, 0.1) is 23.9 Å². The van der Waals surface area contributed by atoms with Crippen LogP contribution in [0.2, 0.25) is 0 Å². The van der Waals surface area contributed by atoms with Gasteiger partial charge in [-0.25, -0.2) is 15.0 Å². The molecular weight excluding hydrogens is 372 g/mol. The molecule has 0 spiro atoms. The summed E-state index contributed by atoms with van der Waals surface area (Å²) in [6, 6.07) is 0.329. The molecule has 0 aliphatic heterocycles. The number of carbonyl (C=O) groups is 1. The Labute approximate surface area is 167 Å². The third-order valence-electron chi connectivity index (χ3n) is 5.46. The SMILES string of the molecule is Cc1csc(CC(=O)c2nn(C3CC3)c3c2C(C)(C)Cc2cnc(N)nc2-3)n1. The van der Waals surface area contributed by atoms with Gasteiger partial charge in [-0.2, -0.15) is 5.10 Å². The third-order valence-corrected chi connectivity index (χ3v) is 6.43. The minimum Gasteiger partial charge on any atom is -0.368 e. The second-order valence-electron chi connectivity index (χ2n) is 8.39. The average Bonchev–Trinajstić information content (AvgIpc) is 3.26. The zero-order valence-electron chi connectivity index (χ0n) is 16.2. The molecule has 1 fully saturated rings. The van der Waals surface area contributed by atoms with Crippen LogP contribution < -0.4 is 5.73 Å². The molecule has 3 aromatic rings. The number of Topliss-reactive ketones (excluding diaryl/α,β-unsaturated/α-hetero) is 1. The van der Waals surface area contributed by atoms with Crippen molar-refractivity contribution >= 4 is 23.1 Å². The summed E-state index contributed by atoms with van der Waals surface area (Å²) in [5, 5.41) is 7.63. The number of aryl methyl sites for hydroxylation is 1. The van der Waals surface area contributed by atoms with Gasteiger partial charge in [0.1, 0.15) is 10.7 Å². The first-order chi connectivity index (χ1) is 13.3. The standard InChI is InChI=1S/C20H22N6OS/c1-10-9-28-14(23-10)6-13(27)17-15-18(26(25-17)12-4-5-12)16-11(7-20(15,2)3)8-22-19(21)24-16/h8-9,12H,4-7H2,1-3H3,(H2,21,22,24). The van der Waals surface area contributed by atoms with E-state index in [9.17, 15) is 4.79 Å². The Hall–Kier alpha value is -2.61. The Balaban J connectivity index is 1.68. The molecule has 2 aliphatic rings. The lowest BCUT2D eigenvalue weighted by Crippen LogP contribution is -2.28. The first-order valence-corrected chi connectivity index (χ1v) is 10.4. The van der Waals surface area contributed by atoms with Crippen LogP contribution in [0.15, 0.2) is 11.6 Å². The van der Waals surface area contributed by atoms with E-state index in [4.69, 9.17) is 10.8 Å². The van der Waals surface area contributed by atoms with Gasteiger partial charge in [0.25, 0.3) is 0 Å². The lowest BCUT2D eigenvalue weighted by atomic mass is 9.72. The van der Waals surface area contributed by atoms with E-state index in [0.717, 1.165) is 52.5 Å².